The van der Waals surface area contributed by atoms with E-state index in [1.165, 1.54) is 0 Å². The van der Waals surface area contributed by atoms with Gasteiger partial charge in [-0.3, -0.25) is 0 Å². The fourth-order valence-electron chi connectivity index (χ4n) is 1.09. The molecule has 0 aromatic carbocycles. The Morgan fingerprint density at radius 1 is 1.24 bits per heavy atom. The predicted octanol–water partition coefficient (Wildman–Crippen LogP) is 0.919. The summed E-state index contributed by atoms with van der Waals surface area (Å²) in [6.45, 7) is 8.83. The van der Waals surface area contributed by atoms with E-state index in [4.69, 9.17) is 9.57 Å². The molecule has 0 fully saturated rings. The van der Waals surface area contributed by atoms with Gasteiger partial charge in [-0.15, -0.1) is 0 Å². The number of oxime groups is 1. The van der Waals surface area contributed by atoms with Crippen LogP contribution in [0.5, 0.6) is 6.01 Å². The molecule has 0 N–H and O–H groups in total. The molecule has 1 aromatic heterocycles. The first kappa shape index (κ1) is 13.2. The van der Waals surface area contributed by atoms with Crippen molar-refractivity contribution < 1.29 is 14.7 Å². The summed E-state index contributed by atoms with van der Waals surface area (Å²) in [5.41, 5.74) is 0.881. The van der Waals surface area contributed by atoms with Crippen molar-refractivity contribution in [1.29, 1.82) is 0 Å². The third-order valence-corrected chi connectivity index (χ3v) is 1.56. The molecule has 0 spiro atoms. The molecule has 0 unspecified atom stereocenters. The van der Waals surface area contributed by atoms with Gasteiger partial charge in [-0.25, -0.2) is 0 Å². The molecule has 0 amide bonds. The molecule has 0 bridgehead atoms. The molecule has 6 nitrogen and oxygen atoms in total. The Morgan fingerprint density at radius 2 is 1.76 bits per heavy atom. The van der Waals surface area contributed by atoms with Crippen LogP contribution in [0.2, 0.25) is 0 Å². The highest BCUT2D eigenvalue weighted by Gasteiger charge is 2.05. The van der Waals surface area contributed by atoms with Crippen LogP contribution in [0.15, 0.2) is 11.2 Å². The van der Waals surface area contributed by atoms with Gasteiger partial charge in [-0.05, 0) is 19.9 Å². The van der Waals surface area contributed by atoms with E-state index in [0.717, 1.165) is 11.4 Å². The summed E-state index contributed by atoms with van der Waals surface area (Å²) in [6.07, 6.45) is -0.805. The minimum absolute atomic E-state index is 0.0355. The molecule has 1 heterocycles. The van der Waals surface area contributed by atoms with Gasteiger partial charge >= 0.3 is 6.01 Å². The first-order valence-electron chi connectivity index (χ1n) is 5.19. The maximum Gasteiger partial charge on any atom is 0.346 e. The van der Waals surface area contributed by atoms with E-state index >= 15 is 0 Å². The monoisotopic (exact) mass is 238 g/mol. The van der Waals surface area contributed by atoms with Crippen molar-refractivity contribution in [2.24, 2.45) is 5.16 Å². The van der Waals surface area contributed by atoms with Crippen LogP contribution < -0.4 is 9.94 Å². The number of ether oxygens (including phenoxy) is 1. The average Bonchev–Trinajstić information content (AvgIpc) is 2.10. The first-order valence-corrected chi connectivity index (χ1v) is 5.19. The molecule has 0 radical (unpaired) electrons. The second-order valence-electron chi connectivity index (χ2n) is 4.60. The number of hydrogen-bond acceptors (Lipinski definition) is 6. The lowest BCUT2D eigenvalue weighted by Gasteiger charge is -2.28. The number of rotatable bonds is 2. The topological polar surface area (TPSA) is 79.7 Å². The maximum absolute atomic E-state index is 11.2. The summed E-state index contributed by atoms with van der Waals surface area (Å²) in [7, 11) is 0. The second-order valence-corrected chi connectivity index (χ2v) is 4.60. The van der Waals surface area contributed by atoms with Gasteiger partial charge in [0.2, 0.25) is 0 Å². The third kappa shape index (κ3) is 5.14. The van der Waals surface area contributed by atoms with Crippen molar-refractivity contribution in [1.82, 2.24) is 9.97 Å². The van der Waals surface area contributed by atoms with Crippen LogP contribution in [0.4, 0.5) is 0 Å². The van der Waals surface area contributed by atoms with Crippen molar-refractivity contribution >= 4 is 6.08 Å². The molecule has 94 valence electrons. The minimum Gasteiger partial charge on any atom is -0.592 e. The van der Waals surface area contributed by atoms with E-state index in [0.29, 0.717) is 0 Å². The summed E-state index contributed by atoms with van der Waals surface area (Å²) in [6, 6.07) is 1.83. The molecule has 0 saturated heterocycles. The minimum atomic E-state index is -0.805. The molecule has 1 rings (SSSR count). The van der Waals surface area contributed by atoms with E-state index in [-0.39, 0.29) is 6.01 Å². The number of hydrogen-bond donors (Lipinski definition) is 0. The van der Waals surface area contributed by atoms with Gasteiger partial charge in [0.25, 0.3) is 0 Å². The molecule has 0 saturated carbocycles. The van der Waals surface area contributed by atoms with Gasteiger partial charge in [0.05, 0.1) is 0 Å². The van der Waals surface area contributed by atoms with Crippen molar-refractivity contribution in [3.63, 3.8) is 0 Å². The first-order chi connectivity index (χ1) is 7.76. The smallest absolute Gasteiger partial charge is 0.346 e. The Hall–Kier alpha value is -1.85. The van der Waals surface area contributed by atoms with E-state index in [1.54, 1.807) is 40.7 Å². The zero-order chi connectivity index (χ0) is 13.1. The Labute approximate surface area is 100 Å². The number of aromatic nitrogens is 2. The van der Waals surface area contributed by atoms with E-state index in [1.807, 2.05) is 0 Å². The molecular weight excluding hydrogens is 222 g/mol. The van der Waals surface area contributed by atoms with Gasteiger partial charge in [-0.2, -0.15) is 9.97 Å². The zero-order valence-corrected chi connectivity index (χ0v) is 10.6. The van der Waals surface area contributed by atoms with Crippen LogP contribution >= 0.6 is 0 Å². The van der Waals surface area contributed by atoms with E-state index < -0.39 is 11.7 Å². The van der Waals surface area contributed by atoms with Gasteiger partial charge in [0.1, 0.15) is 0 Å². The van der Waals surface area contributed by atoms with Gasteiger partial charge in [-0.1, -0.05) is 25.9 Å². The maximum atomic E-state index is 11.2. The zero-order valence-electron chi connectivity index (χ0n) is 10.6. The molecule has 6 heteroatoms. The summed E-state index contributed by atoms with van der Waals surface area (Å²) in [5, 5.41) is 14.5. The highest BCUT2D eigenvalue weighted by molar-refractivity contribution is 5.61. The van der Waals surface area contributed by atoms with Crippen molar-refractivity contribution in [3.05, 3.63) is 17.5 Å². The summed E-state index contributed by atoms with van der Waals surface area (Å²) in [4.78, 5) is 12.7. The standard InChI is InChI=1S/C11H17N3O3/c1-7-6-8(2)13-9(12-7)17-14-10(15)16-11(3,4)5/h6H,1-5H3,(H,14,15)/p-1. The molecule has 1 aromatic rings. The predicted molar refractivity (Wildman–Crippen MR) is 60.4 cm³/mol. The fraction of sp³-hybridized carbons (Fsp3) is 0.545. The molecule has 0 aliphatic carbocycles. The van der Waals surface area contributed by atoms with Crippen LogP contribution in [0.1, 0.15) is 32.2 Å². The van der Waals surface area contributed by atoms with Crippen LogP contribution in [-0.2, 0) is 4.74 Å². The van der Waals surface area contributed by atoms with Crippen LogP contribution in [0.3, 0.4) is 0 Å². The SMILES string of the molecule is Cc1cc(C)nc(O/N=C(\[O-])OC(C)(C)C)n1. The van der Waals surface area contributed by atoms with Crippen LogP contribution in [-0.4, -0.2) is 21.7 Å². The lowest BCUT2D eigenvalue weighted by molar-refractivity contribution is -0.263. The normalized spacial score (nSPS) is 12.4. The van der Waals surface area contributed by atoms with Crippen LogP contribution in [0.25, 0.3) is 0 Å². The molecule has 17 heavy (non-hydrogen) atoms. The third-order valence-electron chi connectivity index (χ3n) is 1.56. The summed E-state index contributed by atoms with van der Waals surface area (Å²) in [5.74, 6) is 0. The highest BCUT2D eigenvalue weighted by Crippen LogP contribution is 2.08. The van der Waals surface area contributed by atoms with E-state index in [2.05, 4.69) is 15.1 Å². The van der Waals surface area contributed by atoms with Gasteiger partial charge < -0.3 is 14.7 Å². The second kappa shape index (κ2) is 4.99. The average molecular weight is 238 g/mol. The number of aryl methyl sites for hydroxylation is 2. The van der Waals surface area contributed by atoms with E-state index in [9.17, 15) is 5.11 Å². The molecule has 0 atom stereocenters. The summed E-state index contributed by atoms with van der Waals surface area (Å²) >= 11 is 0. The summed E-state index contributed by atoms with van der Waals surface area (Å²) < 4.78 is 4.93. The quantitative estimate of drug-likeness (QED) is 0.435. The Bertz CT molecular complexity index is 404. The van der Waals surface area contributed by atoms with Gasteiger partial charge in [0.15, 0.2) is 6.08 Å². The fourth-order valence-corrected chi connectivity index (χ4v) is 1.09. The lowest BCUT2D eigenvalue weighted by Crippen LogP contribution is -2.32. The largest absolute Gasteiger partial charge is 0.592 e. The molecule has 0 aliphatic rings. The number of nitrogens with zero attached hydrogens (tertiary/aromatic N) is 3. The van der Waals surface area contributed by atoms with Gasteiger partial charge in [0, 0.05) is 17.0 Å². The van der Waals surface area contributed by atoms with Crippen molar-refractivity contribution in [3.8, 4) is 6.01 Å². The Balaban J connectivity index is 2.69. The van der Waals surface area contributed by atoms with Crippen molar-refractivity contribution in [2.45, 2.75) is 40.2 Å². The molecular formula is C11H16N3O3-. The lowest BCUT2D eigenvalue weighted by atomic mass is 10.2. The highest BCUT2D eigenvalue weighted by atomic mass is 16.7. The molecule has 0 aliphatic heterocycles. The van der Waals surface area contributed by atoms with Crippen LogP contribution in [0, 0.1) is 13.8 Å². The van der Waals surface area contributed by atoms with Crippen molar-refractivity contribution in [2.75, 3.05) is 0 Å². The Kier molecular flexibility index (Phi) is 3.88. The Morgan fingerprint density at radius 3 is 2.24 bits per heavy atom.